The molecule has 0 aliphatic carbocycles. The van der Waals surface area contributed by atoms with Gasteiger partial charge in [-0.15, -0.1) is 0 Å². The molecule has 1 aromatic carbocycles. The molecule has 0 saturated carbocycles. The maximum atomic E-state index is 13.4. The van der Waals surface area contributed by atoms with Crippen LogP contribution in [-0.4, -0.2) is 9.97 Å². The maximum Gasteiger partial charge on any atom is 0.224 e. The minimum absolute atomic E-state index is 0.0866. The Kier molecular flexibility index (Phi) is 3.54. The van der Waals surface area contributed by atoms with Crippen molar-refractivity contribution >= 4 is 5.82 Å². The van der Waals surface area contributed by atoms with E-state index in [2.05, 4.69) is 15.4 Å². The zero-order valence-corrected chi connectivity index (χ0v) is 10.0. The van der Waals surface area contributed by atoms with Crippen LogP contribution in [0.2, 0.25) is 0 Å². The Morgan fingerprint density at radius 3 is 2.89 bits per heavy atom. The highest BCUT2D eigenvalue weighted by Crippen LogP contribution is 2.26. The highest BCUT2D eigenvalue weighted by atomic mass is 19.1. The Morgan fingerprint density at radius 1 is 1.42 bits per heavy atom. The number of hydrazine groups is 1. The lowest BCUT2D eigenvalue weighted by Crippen LogP contribution is -2.10. The van der Waals surface area contributed by atoms with Gasteiger partial charge in [0.05, 0.1) is 0 Å². The molecule has 3 N–H and O–H groups in total. The molecule has 6 nitrogen and oxygen atoms in total. The number of nitrogens with one attached hydrogen (secondary N) is 1. The summed E-state index contributed by atoms with van der Waals surface area (Å²) < 4.78 is 18.8. The Balaban J connectivity index is 2.39. The van der Waals surface area contributed by atoms with E-state index in [0.29, 0.717) is 11.6 Å². The van der Waals surface area contributed by atoms with Crippen LogP contribution in [0.4, 0.5) is 10.2 Å². The highest BCUT2D eigenvalue weighted by molar-refractivity contribution is 5.46. The van der Waals surface area contributed by atoms with Gasteiger partial charge in [0.25, 0.3) is 0 Å². The number of nitrogens with zero attached hydrogens (tertiary/aromatic N) is 3. The van der Waals surface area contributed by atoms with E-state index in [4.69, 9.17) is 15.8 Å². The van der Waals surface area contributed by atoms with Crippen molar-refractivity contribution in [2.45, 2.75) is 6.92 Å². The first-order valence-electron chi connectivity index (χ1n) is 5.33. The quantitative estimate of drug-likeness (QED) is 0.645. The Labute approximate surface area is 108 Å². The first-order valence-corrected chi connectivity index (χ1v) is 5.33. The van der Waals surface area contributed by atoms with Crippen LogP contribution in [0.1, 0.15) is 11.4 Å². The molecule has 96 valence electrons. The molecule has 0 aliphatic heterocycles. The summed E-state index contributed by atoms with van der Waals surface area (Å²) in [6.45, 7) is 1.66. The standard InChI is InChI=1S/C12H10FN5O/c1-7-16-11(18-15)5-12(17-7)19-10-4-2-3-9(13)8(10)6-14/h2-5H,15H2,1H3,(H,16,17,18). The Hall–Kier alpha value is -2.72. The fourth-order valence-electron chi connectivity index (χ4n) is 1.48. The SMILES string of the molecule is Cc1nc(NN)cc(Oc2cccc(F)c2C#N)n1. The summed E-state index contributed by atoms with van der Waals surface area (Å²) in [5, 5.41) is 8.90. The molecule has 1 aromatic heterocycles. The number of nitrogen functional groups attached to an aromatic ring is 1. The van der Waals surface area contributed by atoms with Gasteiger partial charge in [0.15, 0.2) is 0 Å². The van der Waals surface area contributed by atoms with Gasteiger partial charge in [0.1, 0.15) is 34.8 Å². The first-order chi connectivity index (χ1) is 9.13. The summed E-state index contributed by atoms with van der Waals surface area (Å²) in [7, 11) is 0. The average molecular weight is 259 g/mol. The van der Waals surface area contributed by atoms with E-state index < -0.39 is 5.82 Å². The Morgan fingerprint density at radius 2 is 2.21 bits per heavy atom. The smallest absolute Gasteiger partial charge is 0.224 e. The molecule has 0 aliphatic rings. The number of rotatable bonds is 3. The topological polar surface area (TPSA) is 96.9 Å². The van der Waals surface area contributed by atoms with Crippen molar-refractivity contribution in [3.05, 3.63) is 41.5 Å². The van der Waals surface area contributed by atoms with Gasteiger partial charge < -0.3 is 10.2 Å². The van der Waals surface area contributed by atoms with Crippen LogP contribution in [-0.2, 0) is 0 Å². The highest BCUT2D eigenvalue weighted by Gasteiger charge is 2.11. The number of aromatic nitrogens is 2. The van der Waals surface area contributed by atoms with Crippen LogP contribution in [0.3, 0.4) is 0 Å². The molecule has 19 heavy (non-hydrogen) atoms. The molecule has 0 radical (unpaired) electrons. The number of aryl methyl sites for hydroxylation is 1. The number of ether oxygens (including phenoxy) is 1. The predicted molar refractivity (Wildman–Crippen MR) is 65.8 cm³/mol. The van der Waals surface area contributed by atoms with Gasteiger partial charge in [-0.05, 0) is 19.1 Å². The van der Waals surface area contributed by atoms with E-state index in [0.717, 1.165) is 0 Å². The second-order valence-corrected chi connectivity index (χ2v) is 3.61. The van der Waals surface area contributed by atoms with Gasteiger partial charge in [-0.2, -0.15) is 10.2 Å². The molecule has 0 unspecified atom stereocenters. The summed E-state index contributed by atoms with van der Waals surface area (Å²) in [5.74, 6) is 5.65. The van der Waals surface area contributed by atoms with Gasteiger partial charge in [0, 0.05) is 6.07 Å². The zero-order chi connectivity index (χ0) is 13.8. The van der Waals surface area contributed by atoms with Crippen molar-refractivity contribution in [3.8, 4) is 17.7 Å². The normalized spacial score (nSPS) is 9.79. The lowest BCUT2D eigenvalue weighted by molar-refractivity contribution is 0.453. The Bertz CT molecular complexity index is 653. The number of halogens is 1. The molecule has 2 aromatic rings. The van der Waals surface area contributed by atoms with Crippen molar-refractivity contribution in [2.24, 2.45) is 5.84 Å². The predicted octanol–water partition coefficient (Wildman–Crippen LogP) is 1.87. The lowest BCUT2D eigenvalue weighted by Gasteiger charge is -2.08. The van der Waals surface area contributed by atoms with Crippen LogP contribution < -0.4 is 16.0 Å². The van der Waals surface area contributed by atoms with Gasteiger partial charge in [-0.25, -0.2) is 15.2 Å². The molecule has 7 heteroatoms. The largest absolute Gasteiger partial charge is 0.437 e. The third-order valence-electron chi connectivity index (χ3n) is 2.26. The summed E-state index contributed by atoms with van der Waals surface area (Å²) in [5.41, 5.74) is 2.18. The molecule has 0 atom stereocenters. The van der Waals surface area contributed by atoms with Gasteiger partial charge >= 0.3 is 0 Å². The van der Waals surface area contributed by atoms with Gasteiger partial charge in [-0.3, -0.25) is 0 Å². The summed E-state index contributed by atoms with van der Waals surface area (Å²) >= 11 is 0. The van der Waals surface area contributed by atoms with E-state index >= 15 is 0 Å². The van der Waals surface area contributed by atoms with Crippen molar-refractivity contribution in [2.75, 3.05) is 5.43 Å². The van der Waals surface area contributed by atoms with Crippen LogP contribution >= 0.6 is 0 Å². The van der Waals surface area contributed by atoms with Crippen molar-refractivity contribution < 1.29 is 9.13 Å². The number of anilines is 1. The number of hydrogen-bond acceptors (Lipinski definition) is 6. The number of benzene rings is 1. The van der Waals surface area contributed by atoms with E-state index in [-0.39, 0.29) is 17.2 Å². The number of nitrogens with two attached hydrogens (primary N) is 1. The number of hydrogen-bond donors (Lipinski definition) is 2. The fraction of sp³-hybridized carbons (Fsp3) is 0.0833. The van der Waals surface area contributed by atoms with Crippen molar-refractivity contribution in [1.82, 2.24) is 9.97 Å². The second-order valence-electron chi connectivity index (χ2n) is 3.61. The maximum absolute atomic E-state index is 13.4. The molecule has 0 saturated heterocycles. The molecule has 2 rings (SSSR count). The van der Waals surface area contributed by atoms with E-state index in [1.54, 1.807) is 13.0 Å². The molecular formula is C12H10FN5O. The molecular weight excluding hydrogens is 249 g/mol. The molecule has 0 amide bonds. The summed E-state index contributed by atoms with van der Waals surface area (Å²) in [6, 6.07) is 7.30. The van der Waals surface area contributed by atoms with Crippen molar-refractivity contribution in [3.63, 3.8) is 0 Å². The first kappa shape index (κ1) is 12.7. The molecule has 0 spiro atoms. The third-order valence-corrected chi connectivity index (χ3v) is 2.26. The zero-order valence-electron chi connectivity index (χ0n) is 10.0. The van der Waals surface area contributed by atoms with E-state index in [1.807, 2.05) is 0 Å². The fourth-order valence-corrected chi connectivity index (χ4v) is 1.48. The van der Waals surface area contributed by atoms with E-state index in [9.17, 15) is 4.39 Å². The minimum Gasteiger partial charge on any atom is -0.437 e. The van der Waals surface area contributed by atoms with Gasteiger partial charge in [0.2, 0.25) is 5.88 Å². The van der Waals surface area contributed by atoms with Gasteiger partial charge in [-0.1, -0.05) is 6.07 Å². The summed E-state index contributed by atoms with van der Waals surface area (Å²) in [4.78, 5) is 8.01. The average Bonchev–Trinajstić information content (AvgIpc) is 2.38. The summed E-state index contributed by atoms with van der Waals surface area (Å²) in [6.07, 6.45) is 0. The third kappa shape index (κ3) is 2.75. The van der Waals surface area contributed by atoms with Crippen LogP contribution in [0, 0.1) is 24.1 Å². The number of nitriles is 1. The van der Waals surface area contributed by atoms with Crippen LogP contribution in [0.5, 0.6) is 11.6 Å². The molecule has 1 heterocycles. The second kappa shape index (κ2) is 5.29. The lowest BCUT2D eigenvalue weighted by atomic mass is 10.2. The molecule has 0 bridgehead atoms. The molecule has 0 fully saturated rings. The van der Waals surface area contributed by atoms with Crippen molar-refractivity contribution in [1.29, 1.82) is 5.26 Å². The van der Waals surface area contributed by atoms with Crippen LogP contribution in [0.25, 0.3) is 0 Å². The van der Waals surface area contributed by atoms with E-state index in [1.165, 1.54) is 24.3 Å². The minimum atomic E-state index is -0.650. The monoisotopic (exact) mass is 259 g/mol. The van der Waals surface area contributed by atoms with Crippen LogP contribution in [0.15, 0.2) is 24.3 Å².